The summed E-state index contributed by atoms with van der Waals surface area (Å²) in [6.07, 6.45) is 5.45. The quantitative estimate of drug-likeness (QED) is 0.564. The fourth-order valence-electron chi connectivity index (χ4n) is 2.71. The van der Waals surface area contributed by atoms with E-state index in [0.29, 0.717) is 6.61 Å². The highest BCUT2D eigenvalue weighted by Gasteiger charge is 2.06. The molecule has 4 rings (SSSR count). The van der Waals surface area contributed by atoms with Crippen LogP contribution in [0, 0.1) is 13.8 Å². The number of aromatic amines is 1. The predicted octanol–water partition coefficient (Wildman–Crippen LogP) is 4.29. The molecule has 1 aromatic carbocycles. The number of rotatable bonds is 5. The number of H-pyrrole nitrogens is 1. The van der Waals surface area contributed by atoms with Crippen molar-refractivity contribution in [3.8, 4) is 5.75 Å². The summed E-state index contributed by atoms with van der Waals surface area (Å²) in [5.41, 5.74) is 3.89. The van der Waals surface area contributed by atoms with E-state index in [1.165, 1.54) is 0 Å². The lowest BCUT2D eigenvalue weighted by atomic mass is 10.1. The van der Waals surface area contributed by atoms with Crippen LogP contribution in [0.5, 0.6) is 5.75 Å². The SMILES string of the molecule is Cc1ccc(Nc2nccc3cc(OCc4c[nH]nc4C)ccc23)cn1. The molecule has 0 aliphatic carbocycles. The van der Waals surface area contributed by atoms with E-state index >= 15 is 0 Å². The van der Waals surface area contributed by atoms with Gasteiger partial charge in [-0.2, -0.15) is 5.10 Å². The number of hydrogen-bond donors (Lipinski definition) is 2. The standard InChI is InChI=1S/C20H19N5O/c1-13-3-4-17(11-22-13)24-20-19-6-5-18(9-15(19)7-8-21-20)26-12-16-10-23-25-14(16)2/h3-11H,12H2,1-2H3,(H,21,24)(H,23,25). The highest BCUT2D eigenvalue weighted by molar-refractivity contribution is 5.94. The molecule has 0 spiro atoms. The fraction of sp³-hybridized carbons (Fsp3) is 0.150. The average molecular weight is 345 g/mol. The van der Waals surface area contributed by atoms with Crippen molar-refractivity contribution in [1.29, 1.82) is 0 Å². The zero-order valence-corrected chi connectivity index (χ0v) is 14.7. The Morgan fingerprint density at radius 3 is 2.77 bits per heavy atom. The van der Waals surface area contributed by atoms with E-state index in [4.69, 9.17) is 4.74 Å². The Morgan fingerprint density at radius 2 is 2.00 bits per heavy atom. The van der Waals surface area contributed by atoms with Crippen LogP contribution in [0.4, 0.5) is 11.5 Å². The fourth-order valence-corrected chi connectivity index (χ4v) is 2.71. The number of aromatic nitrogens is 4. The molecule has 2 N–H and O–H groups in total. The van der Waals surface area contributed by atoms with Crippen LogP contribution in [0.3, 0.4) is 0 Å². The zero-order valence-electron chi connectivity index (χ0n) is 14.7. The Morgan fingerprint density at radius 1 is 1.08 bits per heavy atom. The van der Waals surface area contributed by atoms with Crippen LogP contribution in [-0.2, 0) is 6.61 Å². The van der Waals surface area contributed by atoms with Gasteiger partial charge in [-0.15, -0.1) is 0 Å². The van der Waals surface area contributed by atoms with Crippen molar-refractivity contribution in [2.75, 3.05) is 5.32 Å². The van der Waals surface area contributed by atoms with Crippen LogP contribution >= 0.6 is 0 Å². The zero-order chi connectivity index (χ0) is 17.9. The Kier molecular flexibility index (Phi) is 4.23. The summed E-state index contributed by atoms with van der Waals surface area (Å²) in [7, 11) is 0. The van der Waals surface area contributed by atoms with Crippen LogP contribution in [0.25, 0.3) is 10.8 Å². The number of fused-ring (bicyclic) bond motifs is 1. The minimum atomic E-state index is 0.485. The summed E-state index contributed by atoms with van der Waals surface area (Å²) in [4.78, 5) is 8.77. The van der Waals surface area contributed by atoms with Crippen molar-refractivity contribution >= 4 is 22.3 Å². The molecule has 0 saturated carbocycles. The van der Waals surface area contributed by atoms with Gasteiger partial charge in [0.25, 0.3) is 0 Å². The molecular formula is C20H19N5O. The van der Waals surface area contributed by atoms with Crippen LogP contribution in [-0.4, -0.2) is 20.2 Å². The molecule has 0 amide bonds. The third-order valence-electron chi connectivity index (χ3n) is 4.24. The van der Waals surface area contributed by atoms with Gasteiger partial charge in [-0.25, -0.2) is 4.98 Å². The Balaban J connectivity index is 1.57. The van der Waals surface area contributed by atoms with Gasteiger partial charge in [0.1, 0.15) is 18.2 Å². The second-order valence-electron chi connectivity index (χ2n) is 6.14. The maximum absolute atomic E-state index is 5.90. The maximum atomic E-state index is 5.90. The van der Waals surface area contributed by atoms with E-state index in [-0.39, 0.29) is 0 Å². The molecule has 130 valence electrons. The van der Waals surface area contributed by atoms with Gasteiger partial charge >= 0.3 is 0 Å². The first kappa shape index (κ1) is 16.1. The lowest BCUT2D eigenvalue weighted by Crippen LogP contribution is -1.97. The van der Waals surface area contributed by atoms with Crippen LogP contribution in [0.15, 0.2) is 55.0 Å². The van der Waals surface area contributed by atoms with E-state index in [9.17, 15) is 0 Å². The Bertz CT molecular complexity index is 1040. The number of pyridine rings is 2. The lowest BCUT2D eigenvalue weighted by Gasteiger charge is -2.11. The lowest BCUT2D eigenvalue weighted by molar-refractivity contribution is 0.306. The van der Waals surface area contributed by atoms with E-state index in [1.807, 2.05) is 56.4 Å². The number of benzene rings is 1. The molecule has 6 heteroatoms. The van der Waals surface area contributed by atoms with Gasteiger partial charge in [0, 0.05) is 29.0 Å². The molecule has 0 aliphatic heterocycles. The van der Waals surface area contributed by atoms with Crippen molar-refractivity contribution in [3.63, 3.8) is 0 Å². The molecule has 0 unspecified atom stereocenters. The monoisotopic (exact) mass is 345 g/mol. The third kappa shape index (κ3) is 3.35. The van der Waals surface area contributed by atoms with Gasteiger partial charge in [-0.3, -0.25) is 10.1 Å². The number of ether oxygens (including phenoxy) is 1. The van der Waals surface area contributed by atoms with Gasteiger partial charge in [-0.05, 0) is 55.6 Å². The molecular weight excluding hydrogens is 326 g/mol. The van der Waals surface area contributed by atoms with Gasteiger partial charge in [0.2, 0.25) is 0 Å². The molecule has 0 atom stereocenters. The minimum Gasteiger partial charge on any atom is -0.489 e. The van der Waals surface area contributed by atoms with E-state index in [0.717, 1.165) is 45.0 Å². The van der Waals surface area contributed by atoms with Crippen LogP contribution < -0.4 is 10.1 Å². The highest BCUT2D eigenvalue weighted by atomic mass is 16.5. The molecule has 0 saturated heterocycles. The first-order valence-corrected chi connectivity index (χ1v) is 8.39. The predicted molar refractivity (Wildman–Crippen MR) is 102 cm³/mol. The van der Waals surface area contributed by atoms with Gasteiger partial charge in [0.15, 0.2) is 0 Å². The van der Waals surface area contributed by atoms with Crippen molar-refractivity contribution in [3.05, 3.63) is 71.9 Å². The second kappa shape index (κ2) is 6.84. The molecule has 0 fully saturated rings. The number of nitrogens with zero attached hydrogens (tertiary/aromatic N) is 3. The van der Waals surface area contributed by atoms with Crippen molar-refractivity contribution < 1.29 is 4.74 Å². The van der Waals surface area contributed by atoms with E-state index in [2.05, 4.69) is 25.5 Å². The average Bonchev–Trinajstić information content (AvgIpc) is 3.07. The maximum Gasteiger partial charge on any atom is 0.138 e. The minimum absolute atomic E-state index is 0.485. The van der Waals surface area contributed by atoms with Gasteiger partial charge in [-0.1, -0.05) is 0 Å². The summed E-state index contributed by atoms with van der Waals surface area (Å²) in [5, 5.41) is 12.4. The van der Waals surface area contributed by atoms with E-state index < -0.39 is 0 Å². The topological polar surface area (TPSA) is 75.7 Å². The molecule has 3 heterocycles. The van der Waals surface area contributed by atoms with Crippen molar-refractivity contribution in [1.82, 2.24) is 20.2 Å². The third-order valence-corrected chi connectivity index (χ3v) is 4.24. The Labute approximate surface area is 151 Å². The highest BCUT2D eigenvalue weighted by Crippen LogP contribution is 2.27. The number of nitrogens with one attached hydrogen (secondary N) is 2. The summed E-state index contributed by atoms with van der Waals surface area (Å²) in [5.74, 6) is 1.61. The van der Waals surface area contributed by atoms with Crippen LogP contribution in [0.1, 0.15) is 17.0 Å². The molecule has 3 aromatic heterocycles. The second-order valence-corrected chi connectivity index (χ2v) is 6.14. The largest absolute Gasteiger partial charge is 0.489 e. The first-order valence-electron chi connectivity index (χ1n) is 8.39. The van der Waals surface area contributed by atoms with Crippen molar-refractivity contribution in [2.24, 2.45) is 0 Å². The summed E-state index contributed by atoms with van der Waals surface area (Å²) >= 11 is 0. The summed E-state index contributed by atoms with van der Waals surface area (Å²) in [6.45, 7) is 4.41. The van der Waals surface area contributed by atoms with Crippen LogP contribution in [0.2, 0.25) is 0 Å². The first-order chi connectivity index (χ1) is 12.7. The Hall–Kier alpha value is -3.41. The number of aryl methyl sites for hydroxylation is 2. The van der Waals surface area contributed by atoms with E-state index in [1.54, 1.807) is 12.4 Å². The molecule has 0 aliphatic rings. The summed E-state index contributed by atoms with van der Waals surface area (Å²) < 4.78 is 5.90. The number of hydrogen-bond acceptors (Lipinski definition) is 5. The van der Waals surface area contributed by atoms with Gasteiger partial charge in [0.05, 0.1) is 17.6 Å². The molecule has 0 radical (unpaired) electrons. The molecule has 0 bridgehead atoms. The normalized spacial score (nSPS) is 10.8. The number of anilines is 2. The van der Waals surface area contributed by atoms with Gasteiger partial charge < -0.3 is 10.1 Å². The molecule has 4 aromatic rings. The summed E-state index contributed by atoms with van der Waals surface area (Å²) in [6, 6.07) is 11.9. The molecule has 6 nitrogen and oxygen atoms in total. The smallest absolute Gasteiger partial charge is 0.138 e. The molecule has 26 heavy (non-hydrogen) atoms. The van der Waals surface area contributed by atoms with Crippen molar-refractivity contribution in [2.45, 2.75) is 20.5 Å².